The summed E-state index contributed by atoms with van der Waals surface area (Å²) in [7, 11) is 0. The van der Waals surface area contributed by atoms with Gasteiger partial charge < -0.3 is 10.6 Å². The van der Waals surface area contributed by atoms with Crippen LogP contribution in [0.3, 0.4) is 0 Å². The molecule has 0 heterocycles. The van der Waals surface area contributed by atoms with E-state index in [9.17, 15) is 0 Å². The number of hydrogen-bond donors (Lipinski definition) is 0. The van der Waals surface area contributed by atoms with Crippen LogP contribution in [0.5, 0.6) is 0 Å². The molecule has 4 aromatic rings. The minimum absolute atomic E-state index is 0. The molecule has 0 saturated carbocycles. The molecule has 0 atom stereocenters. The normalized spacial score (nSPS) is 12.0. The summed E-state index contributed by atoms with van der Waals surface area (Å²) < 4.78 is 0. The van der Waals surface area contributed by atoms with E-state index in [2.05, 4.69) is 69.1 Å². The van der Waals surface area contributed by atoms with Crippen molar-refractivity contribution in [1.82, 2.24) is 0 Å². The van der Waals surface area contributed by atoms with Crippen LogP contribution in [-0.2, 0) is 43.2 Å². The largest absolute Gasteiger partial charge is 2.00 e. The van der Waals surface area contributed by atoms with Crippen LogP contribution in [0.2, 0.25) is 0 Å². The van der Waals surface area contributed by atoms with Crippen molar-refractivity contribution in [1.29, 1.82) is 0 Å². The quantitative estimate of drug-likeness (QED) is 0.112. The van der Waals surface area contributed by atoms with Gasteiger partial charge in [-0.2, -0.15) is 11.4 Å². The molecule has 0 bridgehead atoms. The van der Waals surface area contributed by atoms with E-state index in [1.54, 1.807) is 0 Å². The summed E-state index contributed by atoms with van der Waals surface area (Å²) in [6.07, 6.45) is 4.07. The topological polar surface area (TPSA) is 52.9 Å². The monoisotopic (exact) mass is 617 g/mol. The number of allylic oxidation sites excluding steroid dienone is 4. The van der Waals surface area contributed by atoms with Crippen molar-refractivity contribution in [3.05, 3.63) is 178 Å². The molecular formula is C38H42CuN4. The third-order valence-corrected chi connectivity index (χ3v) is 6.25. The van der Waals surface area contributed by atoms with E-state index in [1.807, 2.05) is 113 Å². The van der Waals surface area contributed by atoms with Crippen molar-refractivity contribution in [2.45, 2.75) is 53.9 Å². The average molecular weight is 618 g/mol. The van der Waals surface area contributed by atoms with Gasteiger partial charge in [-0.1, -0.05) is 158 Å². The number of rotatable bonds is 12. The Morgan fingerprint density at radius 3 is 1.05 bits per heavy atom. The Morgan fingerprint density at radius 2 is 0.744 bits per heavy atom. The molecule has 4 nitrogen and oxygen atoms in total. The van der Waals surface area contributed by atoms with Crippen molar-refractivity contribution in [2.24, 2.45) is 9.98 Å². The van der Waals surface area contributed by atoms with Crippen LogP contribution in [0.15, 0.2) is 155 Å². The maximum atomic E-state index is 4.57. The summed E-state index contributed by atoms with van der Waals surface area (Å²) in [5.74, 6) is 0. The van der Waals surface area contributed by atoms with Gasteiger partial charge in [0.15, 0.2) is 0 Å². The van der Waals surface area contributed by atoms with E-state index in [1.165, 1.54) is 22.3 Å². The smallest absolute Gasteiger partial charge is 0.684 e. The van der Waals surface area contributed by atoms with Crippen molar-refractivity contribution in [3.8, 4) is 0 Å². The first-order chi connectivity index (χ1) is 20.5. The molecule has 4 aromatic carbocycles. The Morgan fingerprint density at radius 1 is 0.465 bits per heavy atom. The summed E-state index contributed by atoms with van der Waals surface area (Å²) in [5, 5.41) is 9.14. The maximum absolute atomic E-state index is 4.57. The first-order valence-corrected chi connectivity index (χ1v) is 14.4. The Balaban J connectivity index is 0.000000293. The van der Waals surface area contributed by atoms with Gasteiger partial charge in [0.1, 0.15) is 0 Å². The van der Waals surface area contributed by atoms with E-state index in [0.29, 0.717) is 0 Å². The predicted octanol–water partition coefficient (Wildman–Crippen LogP) is 10.2. The number of hydrogen-bond acceptors (Lipinski definition) is 2. The molecule has 0 saturated heterocycles. The first kappa shape index (κ1) is 35.0. The molecule has 0 aliphatic heterocycles. The molecule has 0 unspecified atom stereocenters. The standard InChI is InChI=1S/2C19H21N2.Cu/c2*1-16(20-14-18-9-5-3-6-10-18)13-17(2)21-15-19-11-7-4-8-12-19;/h2*3-13H,14-15H2,1-2H3;/q2*-1;+2/b2*16-13-,21-17?;. The van der Waals surface area contributed by atoms with Crippen LogP contribution in [0, 0.1) is 0 Å². The van der Waals surface area contributed by atoms with Crippen LogP contribution in [-0.4, -0.2) is 11.4 Å². The minimum Gasteiger partial charge on any atom is -0.684 e. The predicted molar refractivity (Wildman–Crippen MR) is 181 cm³/mol. The van der Waals surface area contributed by atoms with Gasteiger partial charge in [-0.3, -0.25) is 9.98 Å². The number of aliphatic imine (C=N–C) groups is 2. The number of benzene rings is 4. The summed E-state index contributed by atoms with van der Waals surface area (Å²) in [6.45, 7) is 10.9. The van der Waals surface area contributed by atoms with Gasteiger partial charge >= 0.3 is 17.1 Å². The van der Waals surface area contributed by atoms with Gasteiger partial charge in [-0.05, 0) is 25.0 Å². The molecule has 5 heteroatoms. The molecule has 4 rings (SSSR count). The Hall–Kier alpha value is -4.18. The third kappa shape index (κ3) is 15.6. The molecule has 0 N–H and O–H groups in total. The molecule has 225 valence electrons. The molecule has 0 amide bonds. The average Bonchev–Trinajstić information content (AvgIpc) is 3.03. The number of nitrogens with zero attached hydrogens (tertiary/aromatic N) is 4. The third-order valence-electron chi connectivity index (χ3n) is 6.25. The van der Waals surface area contributed by atoms with Gasteiger partial charge in [0.2, 0.25) is 0 Å². The second kappa shape index (κ2) is 20.7. The van der Waals surface area contributed by atoms with Crippen molar-refractivity contribution >= 4 is 11.4 Å². The van der Waals surface area contributed by atoms with Gasteiger partial charge in [0.25, 0.3) is 0 Å². The Kier molecular flexibility index (Phi) is 16.8. The van der Waals surface area contributed by atoms with E-state index in [-0.39, 0.29) is 17.1 Å². The van der Waals surface area contributed by atoms with E-state index in [4.69, 9.17) is 0 Å². The van der Waals surface area contributed by atoms with Crippen LogP contribution < -0.4 is 0 Å². The summed E-state index contributed by atoms with van der Waals surface area (Å²) in [5.41, 5.74) is 8.93. The van der Waals surface area contributed by atoms with Crippen molar-refractivity contribution in [2.75, 3.05) is 0 Å². The molecule has 0 spiro atoms. The zero-order valence-electron chi connectivity index (χ0n) is 25.6. The summed E-state index contributed by atoms with van der Waals surface area (Å²) in [4.78, 5) is 9.14. The fraction of sp³-hybridized carbons (Fsp3) is 0.211. The SMILES string of the molecule is CC(/C=C(/C)[N-]Cc1ccccc1)=NCc1ccccc1.CC(/C=C(/C)[N-]Cc1ccccc1)=NCc1ccccc1.[Cu+2]. The molecule has 0 aliphatic rings. The molecular weight excluding hydrogens is 576 g/mol. The fourth-order valence-corrected chi connectivity index (χ4v) is 3.98. The summed E-state index contributed by atoms with van der Waals surface area (Å²) >= 11 is 0. The molecule has 43 heavy (non-hydrogen) atoms. The van der Waals surface area contributed by atoms with Crippen LogP contribution in [0.4, 0.5) is 0 Å². The zero-order chi connectivity index (χ0) is 29.8. The van der Waals surface area contributed by atoms with Gasteiger partial charge in [-0.25, -0.2) is 0 Å². The second-order valence-electron chi connectivity index (χ2n) is 10.1. The van der Waals surface area contributed by atoms with Crippen LogP contribution in [0.1, 0.15) is 49.9 Å². The molecule has 0 fully saturated rings. The summed E-state index contributed by atoms with van der Waals surface area (Å²) in [6, 6.07) is 41.1. The van der Waals surface area contributed by atoms with Crippen LogP contribution >= 0.6 is 0 Å². The van der Waals surface area contributed by atoms with Crippen molar-refractivity contribution < 1.29 is 17.1 Å². The van der Waals surface area contributed by atoms with E-state index in [0.717, 1.165) is 49.0 Å². The maximum Gasteiger partial charge on any atom is 2.00 e. The van der Waals surface area contributed by atoms with Crippen molar-refractivity contribution in [3.63, 3.8) is 0 Å². The molecule has 1 radical (unpaired) electrons. The molecule has 0 aliphatic carbocycles. The fourth-order valence-electron chi connectivity index (χ4n) is 3.98. The van der Waals surface area contributed by atoms with Crippen LogP contribution in [0.25, 0.3) is 10.6 Å². The second-order valence-corrected chi connectivity index (χ2v) is 10.1. The Labute approximate surface area is 269 Å². The first-order valence-electron chi connectivity index (χ1n) is 14.4. The van der Waals surface area contributed by atoms with E-state index < -0.39 is 0 Å². The van der Waals surface area contributed by atoms with Gasteiger partial charge in [0, 0.05) is 11.4 Å². The zero-order valence-corrected chi connectivity index (χ0v) is 26.6. The van der Waals surface area contributed by atoms with Gasteiger partial charge in [-0.15, -0.1) is 13.1 Å². The van der Waals surface area contributed by atoms with Gasteiger partial charge in [0.05, 0.1) is 13.1 Å². The molecule has 0 aromatic heterocycles. The Bertz CT molecular complexity index is 1320. The minimum atomic E-state index is 0. The van der Waals surface area contributed by atoms with E-state index >= 15 is 0 Å².